The molecule has 1 aliphatic carbocycles. The summed E-state index contributed by atoms with van der Waals surface area (Å²) in [5, 5.41) is 0. The second kappa shape index (κ2) is 9.09. The summed E-state index contributed by atoms with van der Waals surface area (Å²) in [4.78, 5) is 14.0. The van der Waals surface area contributed by atoms with E-state index < -0.39 is 15.7 Å². The van der Waals surface area contributed by atoms with Gasteiger partial charge in [-0.1, -0.05) is 32.0 Å². The van der Waals surface area contributed by atoms with E-state index in [0.29, 0.717) is 11.6 Å². The van der Waals surface area contributed by atoms with Crippen LogP contribution in [-0.2, 0) is 28.4 Å². The monoisotopic (exact) mass is 414 g/mol. The average molecular weight is 415 g/mol. The lowest BCUT2D eigenvalue weighted by Gasteiger charge is -2.27. The lowest BCUT2D eigenvalue weighted by atomic mass is 10.1. The molecule has 0 aromatic heterocycles. The van der Waals surface area contributed by atoms with Crippen molar-refractivity contribution in [2.45, 2.75) is 56.2 Å². The maximum absolute atomic E-state index is 12.8. The van der Waals surface area contributed by atoms with Gasteiger partial charge in [0, 0.05) is 11.6 Å². The van der Waals surface area contributed by atoms with Gasteiger partial charge in [0.25, 0.3) is 0 Å². The van der Waals surface area contributed by atoms with Crippen LogP contribution in [0.1, 0.15) is 53.7 Å². The molecule has 29 heavy (non-hydrogen) atoms. The molecule has 0 aliphatic heterocycles. The highest BCUT2D eigenvalue weighted by atomic mass is 32.2. The summed E-state index contributed by atoms with van der Waals surface area (Å²) in [6.07, 6.45) is 4.31. The summed E-state index contributed by atoms with van der Waals surface area (Å²) >= 11 is 0. The quantitative estimate of drug-likeness (QED) is 0.682. The topological polar surface area (TPSA) is 80.5 Å². The van der Waals surface area contributed by atoms with Gasteiger partial charge in [0.15, 0.2) is 9.84 Å². The first-order valence-electron chi connectivity index (χ1n) is 10.3. The standard InChI is InChI=1S/C23H30N2O3S/c1-3-11-25(12-4-2)21-14-19-6-5-17(13-20(19)15-21)16-29(27,28)22-9-7-18(8-10-22)23(24)26/h5-10,13,21H,3-4,11-12,14-16H2,1-2H3,(H2,24,26). The molecule has 3 rings (SSSR count). The molecule has 1 aliphatic rings. The number of hydrogen-bond donors (Lipinski definition) is 1. The highest BCUT2D eigenvalue weighted by Gasteiger charge is 2.26. The largest absolute Gasteiger partial charge is 0.366 e. The number of benzene rings is 2. The van der Waals surface area contributed by atoms with Crippen LogP contribution in [0, 0.1) is 0 Å². The zero-order valence-corrected chi connectivity index (χ0v) is 18.0. The van der Waals surface area contributed by atoms with Crippen molar-refractivity contribution in [2.24, 2.45) is 5.73 Å². The molecule has 156 valence electrons. The van der Waals surface area contributed by atoms with Gasteiger partial charge < -0.3 is 5.73 Å². The first-order valence-corrected chi connectivity index (χ1v) is 12.0. The number of fused-ring (bicyclic) bond motifs is 1. The lowest BCUT2D eigenvalue weighted by Crippen LogP contribution is -2.37. The number of amides is 1. The highest BCUT2D eigenvalue weighted by molar-refractivity contribution is 7.90. The van der Waals surface area contributed by atoms with Crippen molar-refractivity contribution >= 4 is 15.7 Å². The number of rotatable bonds is 9. The minimum Gasteiger partial charge on any atom is -0.366 e. The summed E-state index contributed by atoms with van der Waals surface area (Å²) in [6, 6.07) is 12.4. The normalized spacial score (nSPS) is 16.2. The molecule has 5 nitrogen and oxygen atoms in total. The van der Waals surface area contributed by atoms with E-state index in [1.165, 1.54) is 35.4 Å². The van der Waals surface area contributed by atoms with Gasteiger partial charge in [-0.2, -0.15) is 0 Å². The SMILES string of the molecule is CCCN(CCC)C1Cc2ccc(CS(=O)(=O)c3ccc(C(N)=O)cc3)cc2C1. The van der Waals surface area contributed by atoms with Gasteiger partial charge in [-0.3, -0.25) is 9.69 Å². The first-order chi connectivity index (χ1) is 13.8. The van der Waals surface area contributed by atoms with Gasteiger partial charge in [-0.05, 0) is 79.7 Å². The molecule has 6 heteroatoms. The van der Waals surface area contributed by atoms with E-state index >= 15 is 0 Å². The van der Waals surface area contributed by atoms with Crippen LogP contribution in [0.15, 0.2) is 47.4 Å². The number of nitrogens with two attached hydrogens (primary N) is 1. The van der Waals surface area contributed by atoms with Crippen molar-refractivity contribution in [3.05, 3.63) is 64.7 Å². The second-order valence-electron chi connectivity index (χ2n) is 7.85. The molecule has 0 saturated heterocycles. The van der Waals surface area contributed by atoms with Crippen LogP contribution in [0.2, 0.25) is 0 Å². The first kappa shape index (κ1) is 21.5. The zero-order chi connectivity index (χ0) is 21.0. The van der Waals surface area contributed by atoms with Crippen molar-refractivity contribution < 1.29 is 13.2 Å². The third-order valence-corrected chi connectivity index (χ3v) is 7.28. The maximum atomic E-state index is 12.8. The number of sulfone groups is 1. The summed E-state index contributed by atoms with van der Waals surface area (Å²) < 4.78 is 25.6. The summed E-state index contributed by atoms with van der Waals surface area (Å²) in [5.74, 6) is -0.614. The molecule has 0 fully saturated rings. The Balaban J connectivity index is 1.74. The van der Waals surface area contributed by atoms with E-state index in [2.05, 4.69) is 30.9 Å². The molecule has 0 spiro atoms. The van der Waals surface area contributed by atoms with Crippen molar-refractivity contribution in [1.82, 2.24) is 4.90 Å². The molecule has 2 N–H and O–H groups in total. The maximum Gasteiger partial charge on any atom is 0.248 e. The van der Waals surface area contributed by atoms with Crippen LogP contribution < -0.4 is 5.73 Å². The molecule has 1 amide bonds. The zero-order valence-electron chi connectivity index (χ0n) is 17.2. The van der Waals surface area contributed by atoms with E-state index in [1.54, 1.807) is 0 Å². The second-order valence-corrected chi connectivity index (χ2v) is 9.84. The number of hydrogen-bond acceptors (Lipinski definition) is 4. The minimum atomic E-state index is -3.48. The van der Waals surface area contributed by atoms with E-state index in [1.807, 2.05) is 6.07 Å². The number of carbonyl (C=O) groups is 1. The highest BCUT2D eigenvalue weighted by Crippen LogP contribution is 2.28. The summed E-state index contributed by atoms with van der Waals surface area (Å²) in [6.45, 7) is 6.64. The fourth-order valence-corrected chi connectivity index (χ4v) is 5.51. The van der Waals surface area contributed by atoms with E-state index in [4.69, 9.17) is 5.73 Å². The molecule has 1 unspecified atom stereocenters. The molecular weight excluding hydrogens is 384 g/mol. The Bertz CT molecular complexity index is 962. The third-order valence-electron chi connectivity index (χ3n) is 5.57. The Morgan fingerprint density at radius 3 is 2.21 bits per heavy atom. The Kier molecular flexibility index (Phi) is 6.75. The van der Waals surface area contributed by atoms with Crippen molar-refractivity contribution in [1.29, 1.82) is 0 Å². The smallest absolute Gasteiger partial charge is 0.248 e. The number of primary amides is 1. The average Bonchev–Trinajstić information content (AvgIpc) is 3.11. The van der Waals surface area contributed by atoms with Crippen LogP contribution in [0.25, 0.3) is 0 Å². The van der Waals surface area contributed by atoms with E-state index in [9.17, 15) is 13.2 Å². The van der Waals surface area contributed by atoms with Crippen molar-refractivity contribution in [3.63, 3.8) is 0 Å². The molecule has 0 heterocycles. The predicted octanol–water partition coefficient (Wildman–Crippen LogP) is 3.35. The Labute approximate surface area is 173 Å². The van der Waals surface area contributed by atoms with Gasteiger partial charge in [0.2, 0.25) is 5.91 Å². The summed E-state index contributed by atoms with van der Waals surface area (Å²) in [7, 11) is -3.48. The molecule has 0 radical (unpaired) electrons. The van der Waals surface area contributed by atoms with Gasteiger partial charge in [-0.25, -0.2) is 8.42 Å². The Hall–Kier alpha value is -2.18. The fraction of sp³-hybridized carbons (Fsp3) is 0.435. The van der Waals surface area contributed by atoms with Crippen molar-refractivity contribution in [3.8, 4) is 0 Å². The Morgan fingerprint density at radius 1 is 1.00 bits per heavy atom. The van der Waals surface area contributed by atoms with Gasteiger partial charge >= 0.3 is 0 Å². The van der Waals surface area contributed by atoms with Gasteiger partial charge in [-0.15, -0.1) is 0 Å². The molecule has 2 aromatic rings. The molecule has 2 aromatic carbocycles. The van der Waals surface area contributed by atoms with E-state index in [0.717, 1.165) is 44.3 Å². The Morgan fingerprint density at radius 2 is 1.62 bits per heavy atom. The van der Waals surface area contributed by atoms with E-state index in [-0.39, 0.29) is 10.6 Å². The van der Waals surface area contributed by atoms with Crippen LogP contribution in [0.5, 0.6) is 0 Å². The number of nitrogens with zero attached hydrogens (tertiary/aromatic N) is 1. The van der Waals surface area contributed by atoms with Crippen LogP contribution in [0.3, 0.4) is 0 Å². The minimum absolute atomic E-state index is 0.0471. The van der Waals surface area contributed by atoms with Gasteiger partial charge in [0.05, 0.1) is 10.6 Å². The lowest BCUT2D eigenvalue weighted by molar-refractivity contribution is 0.1000. The molecule has 1 atom stereocenters. The van der Waals surface area contributed by atoms with Crippen LogP contribution >= 0.6 is 0 Å². The van der Waals surface area contributed by atoms with Gasteiger partial charge in [0.1, 0.15) is 0 Å². The van der Waals surface area contributed by atoms with Crippen LogP contribution in [0.4, 0.5) is 0 Å². The number of carbonyl (C=O) groups excluding carboxylic acids is 1. The van der Waals surface area contributed by atoms with Crippen molar-refractivity contribution in [2.75, 3.05) is 13.1 Å². The fourth-order valence-electron chi connectivity index (χ4n) is 4.18. The molecule has 0 bridgehead atoms. The molecule has 0 saturated carbocycles. The molecular formula is C23H30N2O3S. The third kappa shape index (κ3) is 5.06. The predicted molar refractivity (Wildman–Crippen MR) is 116 cm³/mol. The summed E-state index contributed by atoms with van der Waals surface area (Å²) in [5.41, 5.74) is 8.94. The van der Waals surface area contributed by atoms with Crippen LogP contribution in [-0.4, -0.2) is 38.4 Å².